The van der Waals surface area contributed by atoms with Crippen molar-refractivity contribution in [3.05, 3.63) is 0 Å². The van der Waals surface area contributed by atoms with Crippen LogP contribution in [0.5, 0.6) is 0 Å². The van der Waals surface area contributed by atoms with Crippen molar-refractivity contribution in [2.45, 2.75) is 96.9 Å². The summed E-state index contributed by atoms with van der Waals surface area (Å²) in [6.45, 7) is 7.72. The van der Waals surface area contributed by atoms with Gasteiger partial charge < -0.3 is 19.7 Å². The molecule has 0 spiro atoms. The van der Waals surface area contributed by atoms with Crippen molar-refractivity contribution >= 4 is 21.9 Å². The minimum absolute atomic E-state index is 0.150. The molecule has 4 aliphatic carbocycles. The Labute approximate surface area is 208 Å². The highest BCUT2D eigenvalue weighted by atomic mass is 79.9. The van der Waals surface area contributed by atoms with Crippen LogP contribution in [0.4, 0.5) is 0 Å². The van der Waals surface area contributed by atoms with Crippen molar-refractivity contribution < 1.29 is 24.5 Å². The third kappa shape index (κ3) is 4.44. The first-order chi connectivity index (χ1) is 15.7. The van der Waals surface area contributed by atoms with E-state index in [1.54, 1.807) is 0 Å². The number of aliphatic hydroxyl groups excluding tert-OH is 2. The molecule has 5 nitrogen and oxygen atoms in total. The molecule has 0 amide bonds. The van der Waals surface area contributed by atoms with Crippen molar-refractivity contribution in [2.24, 2.45) is 46.3 Å². The fraction of sp³-hybridized carbons (Fsp3) is 0.963. The average Bonchev–Trinajstić information content (AvgIpc) is 3.15. The zero-order valence-electron chi connectivity index (χ0n) is 21.0. The lowest BCUT2D eigenvalue weighted by Gasteiger charge is -2.63. The predicted molar refractivity (Wildman–Crippen MR) is 132 cm³/mol. The van der Waals surface area contributed by atoms with E-state index in [9.17, 15) is 15.0 Å². The number of carbonyl (C=O) groups is 1. The third-order valence-corrected chi connectivity index (χ3v) is 11.3. The van der Waals surface area contributed by atoms with Crippen LogP contribution in [0.3, 0.4) is 0 Å². The predicted octanol–water partition coefficient (Wildman–Crippen LogP) is 4.96. The molecule has 0 aromatic carbocycles. The molecule has 0 aromatic rings. The van der Waals surface area contributed by atoms with E-state index in [1.165, 1.54) is 7.11 Å². The van der Waals surface area contributed by atoms with E-state index in [0.717, 1.165) is 63.3 Å². The monoisotopic (exact) mass is 528 g/mol. The molecular formula is C27H45BrO5. The second kappa shape index (κ2) is 10.1. The third-order valence-electron chi connectivity index (χ3n) is 11.0. The number of methoxy groups -OCH3 is 1. The van der Waals surface area contributed by atoms with Gasteiger partial charge in [0.1, 0.15) is 0 Å². The van der Waals surface area contributed by atoms with Crippen molar-refractivity contribution in [3.8, 4) is 0 Å². The summed E-state index contributed by atoms with van der Waals surface area (Å²) in [6, 6.07) is 0. The number of ether oxygens (including phenoxy) is 2. The van der Waals surface area contributed by atoms with E-state index in [1.807, 2.05) is 0 Å². The van der Waals surface area contributed by atoms with Crippen LogP contribution in [-0.2, 0) is 14.3 Å². The maximum Gasteiger partial charge on any atom is 0.305 e. The van der Waals surface area contributed by atoms with Gasteiger partial charge in [-0.15, -0.1) is 0 Å². The van der Waals surface area contributed by atoms with Crippen molar-refractivity contribution in [1.29, 1.82) is 0 Å². The average molecular weight is 530 g/mol. The molecule has 33 heavy (non-hydrogen) atoms. The van der Waals surface area contributed by atoms with E-state index < -0.39 is 0 Å². The molecule has 190 valence electrons. The molecule has 11 atom stereocenters. The van der Waals surface area contributed by atoms with E-state index in [-0.39, 0.29) is 34.9 Å². The molecule has 4 saturated carbocycles. The number of esters is 1. The normalized spacial score (nSPS) is 47.8. The summed E-state index contributed by atoms with van der Waals surface area (Å²) in [5, 5.41) is 24.1. The summed E-state index contributed by atoms with van der Waals surface area (Å²) in [4.78, 5) is 11.7. The van der Waals surface area contributed by atoms with Crippen molar-refractivity contribution in [1.82, 2.24) is 0 Å². The van der Waals surface area contributed by atoms with Gasteiger partial charge >= 0.3 is 5.97 Å². The van der Waals surface area contributed by atoms with Crippen LogP contribution in [0.15, 0.2) is 0 Å². The van der Waals surface area contributed by atoms with Gasteiger partial charge in [0, 0.05) is 11.8 Å². The molecule has 0 heterocycles. The standard InChI is InChI=1S/C27H45BrO5/c1-16(5-8-24(31)32-4)19-6-7-20-25-21(15-23(30)27(19,20)3)26(2)10-9-18(33-12-11-28)13-17(26)14-22(25)29/h16-23,25,29-30H,5-15H2,1-4H3/t16-,17+,18+,19-,20+,21+,22-,23+,25+,26+,27-/m1/s1. The molecule has 0 aromatic heterocycles. The highest BCUT2D eigenvalue weighted by molar-refractivity contribution is 9.09. The van der Waals surface area contributed by atoms with Gasteiger partial charge in [-0.1, -0.05) is 36.7 Å². The molecule has 2 N–H and O–H groups in total. The molecule has 4 aliphatic rings. The number of hydrogen-bond acceptors (Lipinski definition) is 5. The van der Waals surface area contributed by atoms with Crippen LogP contribution >= 0.6 is 15.9 Å². The first-order valence-electron chi connectivity index (χ1n) is 13.3. The van der Waals surface area contributed by atoms with Crippen LogP contribution in [0.25, 0.3) is 0 Å². The maximum absolute atomic E-state index is 11.7. The van der Waals surface area contributed by atoms with Gasteiger partial charge in [0.2, 0.25) is 0 Å². The molecule has 0 saturated heterocycles. The van der Waals surface area contributed by atoms with Gasteiger partial charge in [-0.25, -0.2) is 0 Å². The molecule has 0 unspecified atom stereocenters. The fourth-order valence-corrected chi connectivity index (χ4v) is 9.31. The van der Waals surface area contributed by atoms with Crippen LogP contribution in [0, 0.1) is 46.3 Å². The highest BCUT2D eigenvalue weighted by Crippen LogP contribution is 2.68. The first-order valence-corrected chi connectivity index (χ1v) is 14.4. The highest BCUT2D eigenvalue weighted by Gasteiger charge is 2.65. The van der Waals surface area contributed by atoms with Crippen molar-refractivity contribution in [3.63, 3.8) is 0 Å². The fourth-order valence-electron chi connectivity index (χ4n) is 9.13. The Morgan fingerprint density at radius 1 is 1.12 bits per heavy atom. The number of halogens is 1. The minimum Gasteiger partial charge on any atom is -0.469 e. The summed E-state index contributed by atoms with van der Waals surface area (Å²) in [6.07, 6.45) is 8.01. The van der Waals surface area contributed by atoms with Crippen LogP contribution in [0.1, 0.15) is 78.6 Å². The Kier molecular flexibility index (Phi) is 7.90. The summed E-state index contributed by atoms with van der Waals surface area (Å²) < 4.78 is 10.9. The number of hydrogen-bond donors (Lipinski definition) is 2. The lowest BCUT2D eigenvalue weighted by molar-refractivity contribution is -0.209. The molecule has 4 fully saturated rings. The summed E-state index contributed by atoms with van der Waals surface area (Å²) in [7, 11) is 1.45. The number of carbonyl (C=O) groups excluding carboxylic acids is 1. The van der Waals surface area contributed by atoms with E-state index >= 15 is 0 Å². The zero-order valence-corrected chi connectivity index (χ0v) is 22.6. The van der Waals surface area contributed by atoms with Crippen LogP contribution in [0.2, 0.25) is 0 Å². The minimum atomic E-state index is -0.345. The van der Waals surface area contributed by atoms with Gasteiger partial charge in [0.05, 0.1) is 32.0 Å². The summed E-state index contributed by atoms with van der Waals surface area (Å²) >= 11 is 3.47. The van der Waals surface area contributed by atoms with E-state index in [2.05, 4.69) is 36.7 Å². The molecule has 0 radical (unpaired) electrons. The Hall–Kier alpha value is -0.170. The van der Waals surface area contributed by atoms with Gasteiger partial charge in [0.25, 0.3) is 0 Å². The van der Waals surface area contributed by atoms with Gasteiger partial charge in [-0.3, -0.25) is 4.79 Å². The van der Waals surface area contributed by atoms with E-state index in [4.69, 9.17) is 9.47 Å². The molecule has 4 rings (SSSR count). The lowest BCUT2D eigenvalue weighted by Crippen LogP contribution is -2.62. The number of rotatable bonds is 7. The number of fused-ring (bicyclic) bond motifs is 5. The smallest absolute Gasteiger partial charge is 0.305 e. The molecule has 6 heteroatoms. The van der Waals surface area contributed by atoms with Crippen LogP contribution in [-0.4, -0.2) is 53.5 Å². The Balaban J connectivity index is 1.52. The quantitative estimate of drug-likeness (QED) is 0.360. The largest absolute Gasteiger partial charge is 0.469 e. The molecular weight excluding hydrogens is 484 g/mol. The topological polar surface area (TPSA) is 76.0 Å². The first kappa shape index (κ1) is 25.9. The second-order valence-corrected chi connectivity index (χ2v) is 12.9. The Bertz CT molecular complexity index is 702. The Morgan fingerprint density at radius 3 is 2.58 bits per heavy atom. The summed E-state index contributed by atoms with van der Waals surface area (Å²) in [5.74, 6) is 2.06. The maximum atomic E-state index is 11.7. The molecule has 0 aliphatic heterocycles. The number of alkyl halides is 1. The van der Waals surface area contributed by atoms with Gasteiger partial charge in [-0.05, 0) is 97.7 Å². The van der Waals surface area contributed by atoms with Crippen molar-refractivity contribution in [2.75, 3.05) is 19.0 Å². The SMILES string of the molecule is COC(=O)CC[C@@H](C)[C@H]1CC[C@H]2[C@@H]3[C@H](O)C[C@@H]4C[C@@H](OCCBr)CC[C@]4(C)[C@H]3C[C@H](O)[C@]12C. The van der Waals surface area contributed by atoms with Gasteiger partial charge in [-0.2, -0.15) is 0 Å². The lowest BCUT2D eigenvalue weighted by atomic mass is 9.43. The zero-order chi connectivity index (χ0) is 24.0. The number of aliphatic hydroxyl groups is 2. The summed E-state index contributed by atoms with van der Waals surface area (Å²) in [5.41, 5.74) is -0.00781. The van der Waals surface area contributed by atoms with E-state index in [0.29, 0.717) is 42.1 Å². The van der Waals surface area contributed by atoms with Crippen LogP contribution < -0.4 is 0 Å². The molecule has 0 bridgehead atoms. The Morgan fingerprint density at radius 2 is 1.88 bits per heavy atom. The second-order valence-electron chi connectivity index (χ2n) is 12.1. The van der Waals surface area contributed by atoms with Gasteiger partial charge in [0.15, 0.2) is 0 Å².